The van der Waals surface area contributed by atoms with Gasteiger partial charge in [0.1, 0.15) is 5.69 Å². The molecule has 0 aliphatic carbocycles. The molecule has 0 amide bonds. The summed E-state index contributed by atoms with van der Waals surface area (Å²) in [6.07, 6.45) is 3.29. The molecule has 2 aromatic heterocycles. The molecule has 24 heavy (non-hydrogen) atoms. The van der Waals surface area contributed by atoms with Gasteiger partial charge in [-0.25, -0.2) is 9.97 Å². The molecular formula is C18H25N5O. The zero-order chi connectivity index (χ0) is 16.9. The minimum absolute atomic E-state index is 0.276. The second-order valence-corrected chi connectivity index (χ2v) is 6.51. The van der Waals surface area contributed by atoms with E-state index in [0.717, 1.165) is 44.1 Å². The molecule has 6 heteroatoms. The summed E-state index contributed by atoms with van der Waals surface area (Å²) >= 11 is 0. The summed E-state index contributed by atoms with van der Waals surface area (Å²) in [7, 11) is 0. The van der Waals surface area contributed by atoms with Crippen LogP contribution in [0.1, 0.15) is 19.5 Å². The molecule has 1 aliphatic heterocycles. The topological polar surface area (TPSA) is 65.4 Å². The van der Waals surface area contributed by atoms with E-state index in [0.29, 0.717) is 11.9 Å². The van der Waals surface area contributed by atoms with E-state index in [4.69, 9.17) is 0 Å². The third-order valence-electron chi connectivity index (χ3n) is 4.34. The average molecular weight is 327 g/mol. The molecule has 6 nitrogen and oxygen atoms in total. The van der Waals surface area contributed by atoms with Gasteiger partial charge in [0.15, 0.2) is 5.82 Å². The van der Waals surface area contributed by atoms with Gasteiger partial charge < -0.3 is 5.11 Å². The van der Waals surface area contributed by atoms with E-state index in [9.17, 15) is 5.11 Å². The second kappa shape index (κ2) is 7.79. The SMILES string of the molecule is CC(O)CN1CCN(Cc2ccnc(-c3ccccn3)n2)CC1C. The molecule has 0 spiro atoms. The summed E-state index contributed by atoms with van der Waals surface area (Å²) in [6, 6.07) is 8.17. The van der Waals surface area contributed by atoms with Crippen molar-refractivity contribution in [3.8, 4) is 11.5 Å². The molecule has 2 unspecified atom stereocenters. The zero-order valence-electron chi connectivity index (χ0n) is 14.3. The Morgan fingerprint density at radius 1 is 1.21 bits per heavy atom. The van der Waals surface area contributed by atoms with Gasteiger partial charge in [-0.2, -0.15) is 0 Å². The van der Waals surface area contributed by atoms with Crippen LogP contribution in [0.3, 0.4) is 0 Å². The number of rotatable bonds is 5. The van der Waals surface area contributed by atoms with Crippen LogP contribution in [-0.4, -0.2) is 68.2 Å². The van der Waals surface area contributed by atoms with Gasteiger partial charge in [-0.3, -0.25) is 14.8 Å². The molecule has 1 aliphatic rings. The summed E-state index contributed by atoms with van der Waals surface area (Å²) in [5.41, 5.74) is 1.82. The summed E-state index contributed by atoms with van der Waals surface area (Å²) in [6.45, 7) is 8.56. The van der Waals surface area contributed by atoms with Crippen LogP contribution >= 0.6 is 0 Å². The largest absolute Gasteiger partial charge is 0.392 e. The predicted octanol–water partition coefficient (Wildman–Crippen LogP) is 1.43. The van der Waals surface area contributed by atoms with E-state index in [1.54, 1.807) is 12.4 Å². The van der Waals surface area contributed by atoms with Gasteiger partial charge in [-0.15, -0.1) is 0 Å². The third-order valence-corrected chi connectivity index (χ3v) is 4.34. The Balaban J connectivity index is 1.63. The summed E-state index contributed by atoms with van der Waals surface area (Å²) in [5, 5.41) is 9.58. The van der Waals surface area contributed by atoms with Crippen molar-refractivity contribution in [1.82, 2.24) is 24.8 Å². The number of hydrogen-bond donors (Lipinski definition) is 1. The lowest BCUT2D eigenvalue weighted by Gasteiger charge is -2.40. The highest BCUT2D eigenvalue weighted by Gasteiger charge is 2.24. The third kappa shape index (κ3) is 4.35. The lowest BCUT2D eigenvalue weighted by atomic mass is 10.1. The van der Waals surface area contributed by atoms with Gasteiger partial charge in [0.25, 0.3) is 0 Å². The number of nitrogens with zero attached hydrogens (tertiary/aromatic N) is 5. The molecule has 1 N–H and O–H groups in total. The highest BCUT2D eigenvalue weighted by Crippen LogP contribution is 2.15. The fourth-order valence-electron chi connectivity index (χ4n) is 3.16. The van der Waals surface area contributed by atoms with Crippen LogP contribution in [0.4, 0.5) is 0 Å². The molecule has 0 saturated carbocycles. The van der Waals surface area contributed by atoms with Gasteiger partial charge in [-0.1, -0.05) is 6.07 Å². The van der Waals surface area contributed by atoms with Crippen molar-refractivity contribution >= 4 is 0 Å². The van der Waals surface area contributed by atoms with E-state index in [2.05, 4.69) is 31.7 Å². The van der Waals surface area contributed by atoms with Crippen LogP contribution in [0.15, 0.2) is 36.7 Å². The van der Waals surface area contributed by atoms with Crippen molar-refractivity contribution in [1.29, 1.82) is 0 Å². The van der Waals surface area contributed by atoms with Crippen LogP contribution < -0.4 is 0 Å². The fourth-order valence-corrected chi connectivity index (χ4v) is 3.16. The van der Waals surface area contributed by atoms with Crippen LogP contribution in [0.25, 0.3) is 11.5 Å². The quantitative estimate of drug-likeness (QED) is 0.896. The van der Waals surface area contributed by atoms with Crippen LogP contribution in [0.2, 0.25) is 0 Å². The molecule has 0 aromatic carbocycles. The molecule has 0 radical (unpaired) electrons. The number of pyridine rings is 1. The number of aliphatic hydroxyl groups excluding tert-OH is 1. The van der Waals surface area contributed by atoms with Gasteiger partial charge >= 0.3 is 0 Å². The van der Waals surface area contributed by atoms with Crippen LogP contribution in [0.5, 0.6) is 0 Å². The van der Waals surface area contributed by atoms with Gasteiger partial charge in [0.2, 0.25) is 0 Å². The Bertz CT molecular complexity index is 649. The normalized spacial score (nSPS) is 20.9. The minimum atomic E-state index is -0.276. The number of aliphatic hydroxyl groups is 1. The predicted molar refractivity (Wildman–Crippen MR) is 93.3 cm³/mol. The molecule has 3 heterocycles. The molecule has 128 valence electrons. The number of β-amino-alcohol motifs (C(OH)–C–C–N with tert-alkyl or cyclic N) is 1. The lowest BCUT2D eigenvalue weighted by Crippen LogP contribution is -2.53. The maximum atomic E-state index is 9.58. The van der Waals surface area contributed by atoms with Gasteiger partial charge in [0.05, 0.1) is 11.8 Å². The minimum Gasteiger partial charge on any atom is -0.392 e. The van der Waals surface area contributed by atoms with E-state index < -0.39 is 0 Å². The lowest BCUT2D eigenvalue weighted by molar-refractivity contribution is 0.0418. The Labute approximate surface area is 143 Å². The Kier molecular flexibility index (Phi) is 5.50. The summed E-state index contributed by atoms with van der Waals surface area (Å²) < 4.78 is 0. The molecule has 2 atom stereocenters. The number of piperazine rings is 1. The van der Waals surface area contributed by atoms with E-state index in [-0.39, 0.29) is 6.10 Å². The number of aromatic nitrogens is 3. The maximum Gasteiger partial charge on any atom is 0.178 e. The molecule has 1 fully saturated rings. The van der Waals surface area contributed by atoms with Crippen molar-refractivity contribution in [3.05, 3.63) is 42.4 Å². The zero-order valence-corrected chi connectivity index (χ0v) is 14.3. The molecule has 2 aromatic rings. The van der Waals surface area contributed by atoms with Crippen LogP contribution in [-0.2, 0) is 6.54 Å². The first kappa shape index (κ1) is 17.0. The smallest absolute Gasteiger partial charge is 0.178 e. The van der Waals surface area contributed by atoms with Crippen molar-refractivity contribution < 1.29 is 5.11 Å². The highest BCUT2D eigenvalue weighted by atomic mass is 16.3. The maximum absolute atomic E-state index is 9.58. The molecular weight excluding hydrogens is 302 g/mol. The standard InChI is InChI=1S/C18H25N5O/c1-14-11-22(9-10-23(14)12-15(2)24)13-16-6-8-20-18(21-16)17-5-3-4-7-19-17/h3-8,14-15,24H,9-13H2,1-2H3. The molecule has 0 bridgehead atoms. The van der Waals surface area contributed by atoms with Crippen molar-refractivity contribution in [2.45, 2.75) is 32.5 Å². The first-order valence-corrected chi connectivity index (χ1v) is 8.49. The monoisotopic (exact) mass is 327 g/mol. The van der Waals surface area contributed by atoms with Gasteiger partial charge in [0, 0.05) is 51.2 Å². The Morgan fingerprint density at radius 2 is 2.08 bits per heavy atom. The first-order chi connectivity index (χ1) is 11.6. The van der Waals surface area contributed by atoms with E-state index in [1.165, 1.54) is 0 Å². The Hall–Kier alpha value is -1.89. The van der Waals surface area contributed by atoms with Crippen LogP contribution in [0, 0.1) is 0 Å². The molecule has 3 rings (SSSR count). The average Bonchev–Trinajstić information content (AvgIpc) is 2.58. The van der Waals surface area contributed by atoms with Crippen molar-refractivity contribution in [3.63, 3.8) is 0 Å². The van der Waals surface area contributed by atoms with E-state index >= 15 is 0 Å². The fraction of sp³-hybridized carbons (Fsp3) is 0.500. The van der Waals surface area contributed by atoms with Crippen molar-refractivity contribution in [2.75, 3.05) is 26.2 Å². The first-order valence-electron chi connectivity index (χ1n) is 8.49. The number of hydrogen-bond acceptors (Lipinski definition) is 6. The summed E-state index contributed by atoms with van der Waals surface area (Å²) in [5.74, 6) is 0.675. The molecule has 1 saturated heterocycles. The Morgan fingerprint density at radius 3 is 2.79 bits per heavy atom. The van der Waals surface area contributed by atoms with E-state index in [1.807, 2.05) is 31.2 Å². The van der Waals surface area contributed by atoms with Crippen molar-refractivity contribution in [2.24, 2.45) is 0 Å². The second-order valence-electron chi connectivity index (χ2n) is 6.51. The highest BCUT2D eigenvalue weighted by molar-refractivity contribution is 5.47. The van der Waals surface area contributed by atoms with Gasteiger partial charge in [-0.05, 0) is 32.0 Å². The summed E-state index contributed by atoms with van der Waals surface area (Å²) in [4.78, 5) is 18.1.